The zero-order valence-electron chi connectivity index (χ0n) is 11.6. The first-order valence-electron chi connectivity index (χ1n) is 6.15. The van der Waals surface area contributed by atoms with Crippen LogP contribution in [-0.2, 0) is 0 Å². The molecule has 0 aromatic heterocycles. The lowest BCUT2D eigenvalue weighted by Gasteiger charge is -2.14. The minimum atomic E-state index is -0.107. The largest absolute Gasteiger partial charge is 0.496 e. The van der Waals surface area contributed by atoms with Crippen LogP contribution in [0.4, 0.5) is 0 Å². The van der Waals surface area contributed by atoms with Crippen molar-refractivity contribution in [1.29, 1.82) is 0 Å². The Morgan fingerprint density at radius 1 is 1.10 bits per heavy atom. The number of Topliss-reactive ketones (excluding diaryl/α,β-unsaturated/α-hetero) is 1. The summed E-state index contributed by atoms with van der Waals surface area (Å²) < 4.78 is 11.1. The number of ketones is 1. The van der Waals surface area contributed by atoms with Crippen molar-refractivity contribution in [2.75, 3.05) is 7.11 Å². The molecule has 0 unspecified atom stereocenters. The number of hydrogen-bond acceptors (Lipinski definition) is 3. The van der Waals surface area contributed by atoms with Crippen LogP contribution < -0.4 is 9.47 Å². The van der Waals surface area contributed by atoms with E-state index in [4.69, 9.17) is 21.1 Å². The second kappa shape index (κ2) is 5.97. The van der Waals surface area contributed by atoms with E-state index in [1.54, 1.807) is 30.3 Å². The molecule has 0 heterocycles. The van der Waals surface area contributed by atoms with Gasteiger partial charge < -0.3 is 9.47 Å². The van der Waals surface area contributed by atoms with E-state index < -0.39 is 0 Å². The van der Waals surface area contributed by atoms with Crippen LogP contribution in [0.1, 0.15) is 22.8 Å². The molecule has 0 saturated heterocycles. The van der Waals surface area contributed by atoms with E-state index in [2.05, 4.69) is 0 Å². The molecule has 0 atom stereocenters. The lowest BCUT2D eigenvalue weighted by Crippen LogP contribution is -2.01. The Hall–Kier alpha value is -2.00. The molecular weight excluding hydrogens is 276 g/mol. The second-order valence-electron chi connectivity index (χ2n) is 4.40. The summed E-state index contributed by atoms with van der Waals surface area (Å²) in [6, 6.07) is 10.6. The fraction of sp³-hybridized carbons (Fsp3) is 0.188. The topological polar surface area (TPSA) is 35.5 Å². The van der Waals surface area contributed by atoms with Crippen molar-refractivity contribution in [3.63, 3.8) is 0 Å². The Morgan fingerprint density at radius 3 is 2.40 bits per heavy atom. The highest BCUT2D eigenvalue weighted by molar-refractivity contribution is 6.30. The molecule has 0 aliphatic heterocycles. The number of ether oxygens (including phenoxy) is 2. The summed E-state index contributed by atoms with van der Waals surface area (Å²) >= 11 is 5.92. The Bertz CT molecular complexity index is 650. The van der Waals surface area contributed by atoms with Gasteiger partial charge in [0.1, 0.15) is 22.8 Å². The van der Waals surface area contributed by atoms with Crippen molar-refractivity contribution in [2.45, 2.75) is 13.8 Å². The van der Waals surface area contributed by atoms with Crippen molar-refractivity contribution in [2.24, 2.45) is 0 Å². The summed E-state index contributed by atoms with van der Waals surface area (Å²) in [6.45, 7) is 3.38. The molecule has 4 heteroatoms. The summed E-state index contributed by atoms with van der Waals surface area (Å²) in [5.41, 5.74) is 1.33. The monoisotopic (exact) mass is 290 g/mol. The zero-order valence-corrected chi connectivity index (χ0v) is 12.3. The Labute approximate surface area is 123 Å². The first-order chi connectivity index (χ1) is 9.52. The van der Waals surface area contributed by atoms with Gasteiger partial charge in [0.25, 0.3) is 0 Å². The lowest BCUT2D eigenvalue weighted by molar-refractivity contribution is 0.101. The van der Waals surface area contributed by atoms with Gasteiger partial charge in [0.15, 0.2) is 5.78 Å². The van der Waals surface area contributed by atoms with Crippen LogP contribution in [0, 0.1) is 6.92 Å². The van der Waals surface area contributed by atoms with Crippen molar-refractivity contribution in [3.05, 3.63) is 52.5 Å². The van der Waals surface area contributed by atoms with Gasteiger partial charge in [0, 0.05) is 5.02 Å². The van der Waals surface area contributed by atoms with E-state index in [-0.39, 0.29) is 5.78 Å². The third kappa shape index (κ3) is 2.94. The number of halogens is 1. The number of methoxy groups -OCH3 is 1. The predicted molar refractivity (Wildman–Crippen MR) is 79.3 cm³/mol. The molecule has 0 fully saturated rings. The molecule has 20 heavy (non-hydrogen) atoms. The predicted octanol–water partition coefficient (Wildman–Crippen LogP) is 4.65. The summed E-state index contributed by atoms with van der Waals surface area (Å²) in [5.74, 6) is 1.53. The van der Waals surface area contributed by atoms with Gasteiger partial charge in [-0.05, 0) is 49.7 Å². The van der Waals surface area contributed by atoms with Crippen LogP contribution in [0.15, 0.2) is 36.4 Å². The maximum absolute atomic E-state index is 11.8. The standard InChI is InChI=1S/C16H15ClO3/c1-10-9-12(17)7-8-13(10)20-15-6-4-5-14(19-3)16(15)11(2)18/h4-9H,1-3H3. The van der Waals surface area contributed by atoms with Gasteiger partial charge in [0.05, 0.1) is 7.11 Å². The van der Waals surface area contributed by atoms with Crippen LogP contribution in [0.2, 0.25) is 5.02 Å². The van der Waals surface area contributed by atoms with Crippen LogP contribution >= 0.6 is 11.6 Å². The van der Waals surface area contributed by atoms with Gasteiger partial charge in [-0.15, -0.1) is 0 Å². The second-order valence-corrected chi connectivity index (χ2v) is 4.84. The third-order valence-corrected chi connectivity index (χ3v) is 3.15. The molecule has 0 radical (unpaired) electrons. The third-order valence-electron chi connectivity index (χ3n) is 2.92. The molecular formula is C16H15ClO3. The number of hydrogen-bond donors (Lipinski definition) is 0. The molecule has 0 N–H and O–H groups in total. The van der Waals surface area contributed by atoms with Crippen molar-refractivity contribution < 1.29 is 14.3 Å². The zero-order chi connectivity index (χ0) is 14.7. The van der Waals surface area contributed by atoms with Crippen LogP contribution in [-0.4, -0.2) is 12.9 Å². The molecule has 0 spiro atoms. The molecule has 2 rings (SSSR count). The van der Waals surface area contributed by atoms with Crippen molar-refractivity contribution >= 4 is 17.4 Å². The van der Waals surface area contributed by atoms with E-state index in [1.165, 1.54) is 14.0 Å². The van der Waals surface area contributed by atoms with E-state index in [0.717, 1.165) is 5.56 Å². The highest BCUT2D eigenvalue weighted by Gasteiger charge is 2.16. The number of aryl methyl sites for hydroxylation is 1. The highest BCUT2D eigenvalue weighted by atomic mass is 35.5. The van der Waals surface area contributed by atoms with Gasteiger partial charge in [-0.2, -0.15) is 0 Å². The SMILES string of the molecule is COc1cccc(Oc2ccc(Cl)cc2C)c1C(C)=O. The minimum Gasteiger partial charge on any atom is -0.496 e. The Balaban J connectivity index is 2.45. The Morgan fingerprint density at radius 2 is 1.80 bits per heavy atom. The molecule has 0 aliphatic carbocycles. The maximum atomic E-state index is 11.8. The molecule has 104 valence electrons. The summed E-state index contributed by atoms with van der Waals surface area (Å²) in [6.07, 6.45) is 0. The number of rotatable bonds is 4. The molecule has 0 saturated carbocycles. The fourth-order valence-corrected chi connectivity index (χ4v) is 2.19. The number of benzene rings is 2. The minimum absolute atomic E-state index is 0.107. The molecule has 0 amide bonds. The smallest absolute Gasteiger partial charge is 0.167 e. The quantitative estimate of drug-likeness (QED) is 0.769. The maximum Gasteiger partial charge on any atom is 0.167 e. The molecule has 3 nitrogen and oxygen atoms in total. The van der Waals surface area contributed by atoms with Gasteiger partial charge >= 0.3 is 0 Å². The molecule has 0 aliphatic rings. The van der Waals surface area contributed by atoms with Gasteiger partial charge in [0.2, 0.25) is 0 Å². The Kier molecular flexibility index (Phi) is 4.30. The summed E-state index contributed by atoms with van der Waals surface area (Å²) in [7, 11) is 1.53. The average Bonchev–Trinajstić information content (AvgIpc) is 2.41. The van der Waals surface area contributed by atoms with E-state index in [9.17, 15) is 4.79 Å². The summed E-state index contributed by atoms with van der Waals surface area (Å²) in [4.78, 5) is 11.8. The first-order valence-corrected chi connectivity index (χ1v) is 6.52. The van der Waals surface area contributed by atoms with Gasteiger partial charge in [-0.1, -0.05) is 17.7 Å². The normalized spacial score (nSPS) is 10.2. The van der Waals surface area contributed by atoms with Crippen LogP contribution in [0.5, 0.6) is 17.2 Å². The average molecular weight is 291 g/mol. The lowest BCUT2D eigenvalue weighted by atomic mass is 10.1. The van der Waals surface area contributed by atoms with E-state index in [1.807, 2.05) is 13.0 Å². The molecule has 2 aromatic rings. The van der Waals surface area contributed by atoms with Gasteiger partial charge in [-0.25, -0.2) is 0 Å². The van der Waals surface area contributed by atoms with E-state index >= 15 is 0 Å². The van der Waals surface area contributed by atoms with Crippen molar-refractivity contribution in [3.8, 4) is 17.2 Å². The van der Waals surface area contributed by atoms with E-state index in [0.29, 0.717) is 27.8 Å². The highest BCUT2D eigenvalue weighted by Crippen LogP contribution is 2.34. The van der Waals surface area contributed by atoms with Crippen LogP contribution in [0.3, 0.4) is 0 Å². The first kappa shape index (κ1) is 14.4. The number of carbonyl (C=O) groups is 1. The number of carbonyl (C=O) groups excluding carboxylic acids is 1. The summed E-state index contributed by atoms with van der Waals surface area (Å²) in [5, 5.41) is 0.646. The van der Waals surface area contributed by atoms with Crippen molar-refractivity contribution in [1.82, 2.24) is 0 Å². The van der Waals surface area contributed by atoms with Crippen LogP contribution in [0.25, 0.3) is 0 Å². The van der Waals surface area contributed by atoms with Gasteiger partial charge in [-0.3, -0.25) is 4.79 Å². The molecule has 0 bridgehead atoms. The fourth-order valence-electron chi connectivity index (χ4n) is 1.96. The molecule has 2 aromatic carbocycles.